The number of phenols is 1. The maximum absolute atomic E-state index is 14.1. The van der Waals surface area contributed by atoms with Crippen molar-refractivity contribution in [3.05, 3.63) is 117 Å². The molecule has 1 amide bonds. The van der Waals surface area contributed by atoms with Gasteiger partial charge in [0.2, 0.25) is 5.56 Å². The maximum Gasteiger partial charge on any atom is 0.316 e. The molecular formula is C50H64N4O6Si. The van der Waals surface area contributed by atoms with Gasteiger partial charge in [-0.25, -0.2) is 0 Å². The number of aromatic nitrogens is 1. The molecule has 3 N–H and O–H groups in total. The monoisotopic (exact) mass is 844 g/mol. The molecule has 5 heterocycles. The normalized spacial score (nSPS) is 21.9. The number of fused-ring (bicyclic) bond motifs is 5. The lowest BCUT2D eigenvalue weighted by Gasteiger charge is -2.45. The Bertz CT molecular complexity index is 2330. The van der Waals surface area contributed by atoms with Crippen molar-refractivity contribution >= 4 is 37.2 Å². The van der Waals surface area contributed by atoms with Crippen LogP contribution in [0.2, 0.25) is 18.1 Å². The quantitative estimate of drug-likeness (QED) is 0.0850. The van der Waals surface area contributed by atoms with E-state index in [1.54, 1.807) is 12.1 Å². The second-order valence-corrected chi connectivity index (χ2v) is 24.3. The molecule has 10 nitrogen and oxygen atoms in total. The lowest BCUT2D eigenvalue weighted by molar-refractivity contribution is -0.167. The van der Waals surface area contributed by atoms with E-state index in [9.17, 15) is 19.5 Å². The molecule has 4 aromatic rings. The second-order valence-electron chi connectivity index (χ2n) is 19.5. The Morgan fingerprint density at radius 1 is 1.02 bits per heavy atom. The van der Waals surface area contributed by atoms with E-state index >= 15 is 0 Å². The van der Waals surface area contributed by atoms with Gasteiger partial charge in [0.15, 0.2) is 8.32 Å². The number of carbonyl (C=O) groups is 2. The number of phenolic OH excluding ortho intramolecular Hbond substituents is 1. The molecule has 2 bridgehead atoms. The van der Waals surface area contributed by atoms with Crippen LogP contribution >= 0.6 is 0 Å². The van der Waals surface area contributed by atoms with Gasteiger partial charge in [0.1, 0.15) is 11.9 Å². The number of nitrogens with zero attached hydrogens (tertiary/aromatic N) is 2. The van der Waals surface area contributed by atoms with Crippen LogP contribution in [0.25, 0.3) is 17.0 Å². The molecule has 5 aliphatic rings. The summed E-state index contributed by atoms with van der Waals surface area (Å²) in [6.45, 7) is 16.5. The summed E-state index contributed by atoms with van der Waals surface area (Å²) in [5, 5.41) is 14.9. The third kappa shape index (κ3) is 9.17. The van der Waals surface area contributed by atoms with E-state index in [2.05, 4.69) is 91.5 Å². The lowest BCUT2D eigenvalue weighted by atomic mass is 9.69. The zero-order chi connectivity index (χ0) is 42.9. The molecule has 0 spiro atoms. The van der Waals surface area contributed by atoms with Crippen molar-refractivity contribution in [3.8, 4) is 5.75 Å². The van der Waals surface area contributed by atoms with Crippen LogP contribution in [-0.4, -0.2) is 78.9 Å². The Balaban J connectivity index is 0.886. The van der Waals surface area contributed by atoms with E-state index in [0.29, 0.717) is 37.6 Å². The molecule has 3 saturated heterocycles. The Morgan fingerprint density at radius 3 is 2.54 bits per heavy atom. The fourth-order valence-electron chi connectivity index (χ4n) is 9.81. The predicted octanol–water partition coefficient (Wildman–Crippen LogP) is 8.99. The highest BCUT2D eigenvalue weighted by Crippen LogP contribution is 2.43. The number of benzene rings is 3. The fraction of sp³-hybridized carbons (Fsp3) is 0.500. The van der Waals surface area contributed by atoms with Gasteiger partial charge in [0.25, 0.3) is 5.91 Å². The van der Waals surface area contributed by atoms with Crippen molar-refractivity contribution < 1.29 is 23.9 Å². The van der Waals surface area contributed by atoms with Gasteiger partial charge < -0.3 is 29.5 Å². The molecule has 2 atom stereocenters. The van der Waals surface area contributed by atoms with Crippen LogP contribution in [0.4, 0.5) is 0 Å². The molecule has 11 heteroatoms. The first-order chi connectivity index (χ1) is 29.2. The molecule has 1 aromatic heterocycles. The van der Waals surface area contributed by atoms with E-state index in [-0.39, 0.29) is 40.4 Å². The molecule has 4 aliphatic heterocycles. The van der Waals surface area contributed by atoms with Gasteiger partial charge in [0.05, 0.1) is 17.0 Å². The van der Waals surface area contributed by atoms with Crippen molar-refractivity contribution in [3.63, 3.8) is 0 Å². The molecule has 324 valence electrons. The zero-order valence-corrected chi connectivity index (χ0v) is 37.7. The molecule has 9 rings (SSSR count). The Hall–Kier alpha value is -4.55. The number of nitrogens with one attached hydrogen (secondary N) is 2. The van der Waals surface area contributed by atoms with Gasteiger partial charge in [-0.15, -0.1) is 0 Å². The van der Waals surface area contributed by atoms with Crippen LogP contribution in [-0.2, 0) is 32.5 Å². The summed E-state index contributed by atoms with van der Waals surface area (Å²) >= 11 is 0. The van der Waals surface area contributed by atoms with E-state index in [1.165, 1.54) is 6.07 Å². The number of hydrogen-bond donors (Lipinski definition) is 3. The number of piperidine rings is 3. The molecule has 1 aliphatic carbocycles. The molecule has 4 fully saturated rings. The largest absolute Gasteiger partial charge is 0.506 e. The Labute approximate surface area is 361 Å². The van der Waals surface area contributed by atoms with E-state index in [4.69, 9.17) is 9.16 Å². The topological polar surface area (TPSA) is 124 Å². The summed E-state index contributed by atoms with van der Waals surface area (Å²) < 4.78 is 13.4. The molecule has 0 radical (unpaired) electrons. The van der Waals surface area contributed by atoms with Crippen LogP contribution in [0.15, 0.2) is 77.6 Å². The van der Waals surface area contributed by atoms with Crippen molar-refractivity contribution in [2.24, 2.45) is 5.92 Å². The SMILES string of the molecule is CC(C)(C)[Si](C)(C)O[C@@H](CNCc1ccc2c(c1)CN(CCC=Cc1cccc(C3(C(=O)O[C@H]4CN5CCC4CC5)CCCCC3)c1)C2=O)c1ccc(O)c2[nH]c(=O)ccc12. The summed E-state index contributed by atoms with van der Waals surface area (Å²) in [6.07, 6.45) is 11.8. The van der Waals surface area contributed by atoms with Crippen LogP contribution in [0, 0.1) is 5.92 Å². The average molecular weight is 845 g/mol. The standard InChI is InChI=1S/C50H64N4O6Si/c1-49(2,3)61(4,5)60-43(40-17-19-42(55)46-41(40)18-20-45(56)52-46)31-51-30-35-15-16-39-37(28-35)32-54(47(39)57)25-10-7-12-34-13-11-14-38(29-34)50(23-8-6-9-24-50)48(58)59-44-33-53-26-21-36(44)22-27-53/h7,11-20,28-29,36,43-44,51,55H,6,8-10,21-27,30-33H2,1-5H3,(H,52,56)/t43-,44-/m0/s1. The van der Waals surface area contributed by atoms with Crippen molar-refractivity contribution in [2.45, 2.75) is 121 Å². The molecule has 3 aromatic carbocycles. The highest BCUT2D eigenvalue weighted by atomic mass is 28.4. The number of aromatic hydroxyl groups is 1. The molecular weight excluding hydrogens is 781 g/mol. The second kappa shape index (κ2) is 17.7. The highest BCUT2D eigenvalue weighted by molar-refractivity contribution is 6.74. The van der Waals surface area contributed by atoms with Gasteiger partial charge in [-0.3, -0.25) is 19.3 Å². The Kier molecular flexibility index (Phi) is 12.5. The van der Waals surface area contributed by atoms with Gasteiger partial charge in [-0.05, 0) is 115 Å². The van der Waals surface area contributed by atoms with Gasteiger partial charge in [-0.1, -0.05) is 94.7 Å². The number of pyridine rings is 1. The van der Waals surface area contributed by atoms with Crippen molar-refractivity contribution in [1.82, 2.24) is 20.1 Å². The van der Waals surface area contributed by atoms with Crippen LogP contribution in [0.5, 0.6) is 5.75 Å². The predicted molar refractivity (Wildman–Crippen MR) is 244 cm³/mol. The third-order valence-electron chi connectivity index (χ3n) is 14.5. The van der Waals surface area contributed by atoms with Gasteiger partial charge >= 0.3 is 5.97 Å². The van der Waals surface area contributed by atoms with Gasteiger partial charge in [0, 0.05) is 49.7 Å². The highest BCUT2D eigenvalue weighted by Gasteiger charge is 2.46. The molecule has 61 heavy (non-hydrogen) atoms. The van der Waals surface area contributed by atoms with Crippen LogP contribution in [0.1, 0.15) is 116 Å². The first kappa shape index (κ1) is 43.1. The van der Waals surface area contributed by atoms with Gasteiger partial charge in [-0.2, -0.15) is 0 Å². The number of hydrogen-bond acceptors (Lipinski definition) is 8. The number of H-pyrrole nitrogens is 1. The van der Waals surface area contributed by atoms with Crippen molar-refractivity contribution in [1.29, 1.82) is 0 Å². The van der Waals surface area contributed by atoms with E-state index in [0.717, 1.165) is 110 Å². The fourth-order valence-corrected chi connectivity index (χ4v) is 11.1. The number of amides is 1. The minimum atomic E-state index is -2.22. The molecule has 1 saturated carbocycles. The summed E-state index contributed by atoms with van der Waals surface area (Å²) in [4.78, 5) is 46.9. The smallest absolute Gasteiger partial charge is 0.316 e. The number of ether oxygens (including phenoxy) is 1. The number of esters is 1. The lowest BCUT2D eigenvalue weighted by Crippen LogP contribution is -2.53. The van der Waals surface area contributed by atoms with E-state index in [1.807, 2.05) is 23.1 Å². The summed E-state index contributed by atoms with van der Waals surface area (Å²) in [5.41, 5.74) is 5.48. The van der Waals surface area contributed by atoms with Crippen molar-refractivity contribution in [2.75, 3.05) is 32.7 Å². The van der Waals surface area contributed by atoms with Crippen LogP contribution in [0.3, 0.4) is 0 Å². The number of rotatable bonds is 14. The zero-order valence-electron chi connectivity index (χ0n) is 36.7. The minimum absolute atomic E-state index is 0.0133. The average Bonchev–Trinajstić information content (AvgIpc) is 3.56. The number of aromatic amines is 1. The van der Waals surface area contributed by atoms with E-state index < -0.39 is 13.7 Å². The molecule has 0 unspecified atom stereocenters. The third-order valence-corrected chi connectivity index (χ3v) is 19.0. The first-order valence-electron chi connectivity index (χ1n) is 22.6. The minimum Gasteiger partial charge on any atom is -0.506 e. The summed E-state index contributed by atoms with van der Waals surface area (Å²) in [7, 11) is -2.22. The maximum atomic E-state index is 14.1. The first-order valence-corrected chi connectivity index (χ1v) is 25.5. The summed E-state index contributed by atoms with van der Waals surface area (Å²) in [5.74, 6) is 0.553. The van der Waals surface area contributed by atoms with Crippen LogP contribution < -0.4 is 10.9 Å². The number of carbonyl (C=O) groups excluding carboxylic acids is 2. The Morgan fingerprint density at radius 2 is 1.80 bits per heavy atom. The summed E-state index contributed by atoms with van der Waals surface area (Å²) in [6, 6.07) is 21.3.